The normalized spacial score (nSPS) is 11.3. The zero-order valence-electron chi connectivity index (χ0n) is 14.5. The number of ether oxygens (including phenoxy) is 1. The number of aliphatic imine (C=N–C) groups is 1. The Labute approximate surface area is 143 Å². The number of para-hydroxylation sites is 1. The minimum absolute atomic E-state index is 0.689. The number of nitrogens with zero attached hydrogens (tertiary/aromatic N) is 3. The smallest absolute Gasteiger partial charge is 0.190 e. The maximum atomic E-state index is 5.78. The molecule has 2 aromatic rings. The molecule has 0 fully saturated rings. The van der Waals surface area contributed by atoms with Crippen molar-refractivity contribution in [3.8, 4) is 5.75 Å². The first-order chi connectivity index (χ1) is 11.8. The van der Waals surface area contributed by atoms with Gasteiger partial charge in [-0.05, 0) is 37.5 Å². The van der Waals surface area contributed by atoms with Crippen LogP contribution in [0, 0.1) is 6.92 Å². The SMILES string of the molecule is CN=C(NCCCOc1ccccc1C)NCCCn1cccn1. The van der Waals surface area contributed by atoms with Gasteiger partial charge in [0, 0.05) is 39.1 Å². The van der Waals surface area contributed by atoms with E-state index in [0.29, 0.717) is 6.61 Å². The zero-order chi connectivity index (χ0) is 17.0. The molecule has 130 valence electrons. The number of aromatic nitrogens is 2. The Morgan fingerprint density at radius 1 is 1.17 bits per heavy atom. The van der Waals surface area contributed by atoms with Gasteiger partial charge in [-0.3, -0.25) is 9.67 Å². The van der Waals surface area contributed by atoms with Gasteiger partial charge in [0.25, 0.3) is 0 Å². The average molecular weight is 329 g/mol. The molecule has 0 saturated carbocycles. The zero-order valence-corrected chi connectivity index (χ0v) is 14.5. The van der Waals surface area contributed by atoms with Crippen molar-refractivity contribution in [1.29, 1.82) is 0 Å². The lowest BCUT2D eigenvalue weighted by atomic mass is 10.2. The van der Waals surface area contributed by atoms with Crippen LogP contribution in [0.4, 0.5) is 0 Å². The molecule has 0 atom stereocenters. The number of aryl methyl sites for hydroxylation is 2. The number of hydrogen-bond donors (Lipinski definition) is 2. The van der Waals surface area contributed by atoms with Crippen LogP contribution in [0.2, 0.25) is 0 Å². The third kappa shape index (κ3) is 6.32. The van der Waals surface area contributed by atoms with Crippen molar-refractivity contribution in [2.24, 2.45) is 4.99 Å². The van der Waals surface area contributed by atoms with Crippen molar-refractivity contribution in [2.75, 3.05) is 26.7 Å². The van der Waals surface area contributed by atoms with Crippen molar-refractivity contribution in [3.63, 3.8) is 0 Å². The van der Waals surface area contributed by atoms with E-state index in [9.17, 15) is 0 Å². The average Bonchev–Trinajstić information content (AvgIpc) is 3.11. The molecule has 1 heterocycles. The summed E-state index contributed by atoms with van der Waals surface area (Å²) in [6, 6.07) is 10.0. The summed E-state index contributed by atoms with van der Waals surface area (Å²) in [5.74, 6) is 1.78. The molecular formula is C18H27N5O. The van der Waals surface area contributed by atoms with Gasteiger partial charge in [0.1, 0.15) is 5.75 Å². The summed E-state index contributed by atoms with van der Waals surface area (Å²) >= 11 is 0. The molecule has 0 radical (unpaired) electrons. The van der Waals surface area contributed by atoms with Gasteiger partial charge < -0.3 is 15.4 Å². The maximum Gasteiger partial charge on any atom is 0.190 e. The highest BCUT2D eigenvalue weighted by Crippen LogP contribution is 2.15. The van der Waals surface area contributed by atoms with Gasteiger partial charge >= 0.3 is 0 Å². The summed E-state index contributed by atoms with van der Waals surface area (Å²) in [5.41, 5.74) is 1.17. The van der Waals surface area contributed by atoms with Crippen LogP contribution in [-0.4, -0.2) is 42.5 Å². The molecule has 2 N–H and O–H groups in total. The Hall–Kier alpha value is -2.50. The monoisotopic (exact) mass is 329 g/mol. The highest BCUT2D eigenvalue weighted by Gasteiger charge is 1.99. The Morgan fingerprint density at radius 3 is 2.67 bits per heavy atom. The van der Waals surface area contributed by atoms with Crippen molar-refractivity contribution < 1.29 is 4.74 Å². The minimum atomic E-state index is 0.689. The van der Waals surface area contributed by atoms with Crippen LogP contribution in [0.25, 0.3) is 0 Å². The lowest BCUT2D eigenvalue weighted by Crippen LogP contribution is -2.38. The van der Waals surface area contributed by atoms with Crippen molar-refractivity contribution in [2.45, 2.75) is 26.3 Å². The number of guanidine groups is 1. The van der Waals surface area contributed by atoms with E-state index in [1.54, 1.807) is 13.2 Å². The molecule has 0 aliphatic heterocycles. The minimum Gasteiger partial charge on any atom is -0.493 e. The number of benzene rings is 1. The first-order valence-corrected chi connectivity index (χ1v) is 8.40. The predicted molar refractivity (Wildman–Crippen MR) is 97.5 cm³/mol. The highest BCUT2D eigenvalue weighted by molar-refractivity contribution is 5.79. The van der Waals surface area contributed by atoms with E-state index in [-0.39, 0.29) is 0 Å². The quantitative estimate of drug-likeness (QED) is 0.421. The molecule has 0 unspecified atom stereocenters. The van der Waals surface area contributed by atoms with Crippen molar-refractivity contribution >= 4 is 5.96 Å². The van der Waals surface area contributed by atoms with E-state index < -0.39 is 0 Å². The molecule has 6 heteroatoms. The van der Waals surface area contributed by atoms with Gasteiger partial charge in [-0.2, -0.15) is 5.10 Å². The van der Waals surface area contributed by atoms with Gasteiger partial charge in [-0.25, -0.2) is 0 Å². The van der Waals surface area contributed by atoms with Crippen molar-refractivity contribution in [1.82, 2.24) is 20.4 Å². The van der Waals surface area contributed by atoms with Gasteiger partial charge in [-0.1, -0.05) is 18.2 Å². The number of hydrogen-bond acceptors (Lipinski definition) is 3. The Bertz CT molecular complexity index is 610. The molecular weight excluding hydrogens is 302 g/mol. The molecule has 0 aliphatic carbocycles. The van der Waals surface area contributed by atoms with Crippen LogP contribution in [0.3, 0.4) is 0 Å². The predicted octanol–water partition coefficient (Wildman–Crippen LogP) is 2.22. The first-order valence-electron chi connectivity index (χ1n) is 8.40. The Kier molecular flexibility index (Phi) is 7.67. The third-order valence-corrected chi connectivity index (χ3v) is 3.60. The van der Waals surface area contributed by atoms with E-state index in [4.69, 9.17) is 4.74 Å². The first kappa shape index (κ1) is 17.8. The second kappa shape index (κ2) is 10.3. The highest BCUT2D eigenvalue weighted by atomic mass is 16.5. The van der Waals surface area contributed by atoms with Crippen molar-refractivity contribution in [3.05, 3.63) is 48.3 Å². The molecule has 24 heavy (non-hydrogen) atoms. The van der Waals surface area contributed by atoms with Crippen LogP contribution in [0.1, 0.15) is 18.4 Å². The fourth-order valence-corrected chi connectivity index (χ4v) is 2.28. The van der Waals surface area contributed by atoms with Crippen LogP contribution in [0.5, 0.6) is 5.75 Å². The molecule has 6 nitrogen and oxygen atoms in total. The molecule has 0 saturated heterocycles. The van der Waals surface area contributed by atoms with E-state index in [1.807, 2.05) is 35.1 Å². The van der Waals surface area contributed by atoms with Crippen LogP contribution in [0.15, 0.2) is 47.7 Å². The molecule has 1 aromatic heterocycles. The summed E-state index contributed by atoms with van der Waals surface area (Å²) < 4.78 is 7.71. The topological polar surface area (TPSA) is 63.5 Å². The standard InChI is InChI=1S/C18H27N5O/c1-16-8-3-4-9-17(16)24-15-7-11-21-18(19-2)20-10-5-13-23-14-6-12-22-23/h3-4,6,8-9,12,14H,5,7,10-11,13,15H2,1-2H3,(H2,19,20,21). The maximum absolute atomic E-state index is 5.78. The molecule has 0 bridgehead atoms. The molecule has 1 aromatic carbocycles. The summed E-state index contributed by atoms with van der Waals surface area (Å²) in [6.07, 6.45) is 5.69. The third-order valence-electron chi connectivity index (χ3n) is 3.60. The fourth-order valence-electron chi connectivity index (χ4n) is 2.28. The largest absolute Gasteiger partial charge is 0.493 e. The lowest BCUT2D eigenvalue weighted by Gasteiger charge is -2.12. The summed E-state index contributed by atoms with van der Waals surface area (Å²) in [6.45, 7) is 5.34. The summed E-state index contributed by atoms with van der Waals surface area (Å²) in [7, 11) is 1.78. The van der Waals surface area contributed by atoms with E-state index in [2.05, 4.69) is 33.7 Å². The van der Waals surface area contributed by atoms with Crippen LogP contribution < -0.4 is 15.4 Å². The van der Waals surface area contributed by atoms with Crippen LogP contribution in [-0.2, 0) is 6.54 Å². The fraction of sp³-hybridized carbons (Fsp3) is 0.444. The van der Waals surface area contributed by atoms with E-state index >= 15 is 0 Å². The van der Waals surface area contributed by atoms with E-state index in [0.717, 1.165) is 44.2 Å². The molecule has 0 amide bonds. The second-order valence-electron chi connectivity index (χ2n) is 5.52. The van der Waals surface area contributed by atoms with Gasteiger partial charge in [0.05, 0.1) is 6.61 Å². The molecule has 2 rings (SSSR count). The summed E-state index contributed by atoms with van der Waals surface area (Å²) in [5, 5.41) is 10.8. The molecule has 0 aliphatic rings. The Balaban J connectivity index is 1.54. The number of rotatable bonds is 9. The summed E-state index contributed by atoms with van der Waals surface area (Å²) in [4.78, 5) is 4.22. The van der Waals surface area contributed by atoms with Gasteiger partial charge in [-0.15, -0.1) is 0 Å². The lowest BCUT2D eigenvalue weighted by molar-refractivity contribution is 0.309. The van der Waals surface area contributed by atoms with E-state index in [1.165, 1.54) is 5.56 Å². The van der Waals surface area contributed by atoms with Gasteiger partial charge in [0.15, 0.2) is 5.96 Å². The van der Waals surface area contributed by atoms with Crippen LogP contribution >= 0.6 is 0 Å². The molecule has 0 spiro atoms. The number of nitrogens with one attached hydrogen (secondary N) is 2. The Morgan fingerprint density at radius 2 is 1.96 bits per heavy atom. The second-order valence-corrected chi connectivity index (χ2v) is 5.52. The van der Waals surface area contributed by atoms with Gasteiger partial charge in [0.2, 0.25) is 0 Å².